The van der Waals surface area contributed by atoms with E-state index in [-0.39, 0.29) is 24.4 Å². The lowest BCUT2D eigenvalue weighted by molar-refractivity contribution is -0.133. The van der Waals surface area contributed by atoms with Gasteiger partial charge in [0.05, 0.1) is 6.54 Å². The van der Waals surface area contributed by atoms with Crippen LogP contribution in [0.4, 0.5) is 0 Å². The molecule has 1 aromatic carbocycles. The van der Waals surface area contributed by atoms with Gasteiger partial charge in [-0.15, -0.1) is 23.7 Å². The number of aliphatic hydroxyl groups is 1. The molecule has 0 radical (unpaired) electrons. The number of rotatable bonds is 7. The molecule has 1 amide bonds. The standard InChI is InChI=1S/C19H24N2O2S.ClH/c22-17(18-9-5-11-24-18)14-21(13-15-6-2-1-3-7-15)19(23)12-16-8-4-10-20-16;/h1-3,5-7,9,11,16-17,20,22H,4,8,10,12-14H2;1H. The summed E-state index contributed by atoms with van der Waals surface area (Å²) < 4.78 is 0. The minimum absolute atomic E-state index is 0. The van der Waals surface area contributed by atoms with Gasteiger partial charge in [0.25, 0.3) is 0 Å². The predicted octanol–water partition coefficient (Wildman–Crippen LogP) is 3.37. The number of aliphatic hydroxyl groups excluding tert-OH is 1. The molecule has 1 aliphatic rings. The molecule has 1 aliphatic heterocycles. The summed E-state index contributed by atoms with van der Waals surface area (Å²) in [4.78, 5) is 15.5. The first-order chi connectivity index (χ1) is 11.7. The van der Waals surface area contributed by atoms with Gasteiger partial charge in [0.15, 0.2) is 0 Å². The minimum Gasteiger partial charge on any atom is -0.386 e. The third kappa shape index (κ3) is 5.82. The number of nitrogens with zero attached hydrogens (tertiary/aromatic N) is 1. The monoisotopic (exact) mass is 380 g/mol. The molecule has 4 nitrogen and oxygen atoms in total. The third-order valence-electron chi connectivity index (χ3n) is 4.42. The number of carbonyl (C=O) groups excluding carboxylic acids is 1. The zero-order valence-electron chi connectivity index (χ0n) is 14.1. The summed E-state index contributed by atoms with van der Waals surface area (Å²) in [6.45, 7) is 1.87. The molecule has 2 N–H and O–H groups in total. The highest BCUT2D eigenvalue weighted by Crippen LogP contribution is 2.22. The highest BCUT2D eigenvalue weighted by molar-refractivity contribution is 7.10. The van der Waals surface area contributed by atoms with Gasteiger partial charge in [-0.3, -0.25) is 4.79 Å². The average molecular weight is 381 g/mol. The zero-order valence-corrected chi connectivity index (χ0v) is 15.8. The average Bonchev–Trinajstić information content (AvgIpc) is 3.29. The molecular weight excluding hydrogens is 356 g/mol. The van der Waals surface area contributed by atoms with Crippen molar-refractivity contribution in [3.05, 3.63) is 58.3 Å². The van der Waals surface area contributed by atoms with Crippen LogP contribution in [0, 0.1) is 0 Å². The summed E-state index contributed by atoms with van der Waals surface area (Å²) in [6.07, 6.45) is 2.06. The highest BCUT2D eigenvalue weighted by Gasteiger charge is 2.24. The second kappa shape index (κ2) is 9.92. The zero-order chi connectivity index (χ0) is 16.8. The van der Waals surface area contributed by atoms with Gasteiger partial charge in [-0.2, -0.15) is 0 Å². The van der Waals surface area contributed by atoms with E-state index in [0.29, 0.717) is 19.5 Å². The van der Waals surface area contributed by atoms with Crippen molar-refractivity contribution >= 4 is 29.7 Å². The molecule has 1 fully saturated rings. The molecule has 0 spiro atoms. The minimum atomic E-state index is -0.630. The van der Waals surface area contributed by atoms with Crippen molar-refractivity contribution in [2.45, 2.75) is 38.0 Å². The lowest BCUT2D eigenvalue weighted by Gasteiger charge is -2.26. The van der Waals surface area contributed by atoms with E-state index in [2.05, 4.69) is 5.32 Å². The summed E-state index contributed by atoms with van der Waals surface area (Å²) in [5.41, 5.74) is 1.09. The molecule has 25 heavy (non-hydrogen) atoms. The molecule has 3 rings (SSSR count). The smallest absolute Gasteiger partial charge is 0.224 e. The quantitative estimate of drug-likeness (QED) is 0.774. The van der Waals surface area contributed by atoms with E-state index in [4.69, 9.17) is 0 Å². The fraction of sp³-hybridized carbons (Fsp3) is 0.421. The van der Waals surface area contributed by atoms with Crippen molar-refractivity contribution in [2.24, 2.45) is 0 Å². The van der Waals surface area contributed by atoms with Crippen LogP contribution >= 0.6 is 23.7 Å². The second-order valence-corrected chi connectivity index (χ2v) is 7.27. The predicted molar refractivity (Wildman–Crippen MR) is 104 cm³/mol. The molecule has 1 saturated heterocycles. The summed E-state index contributed by atoms with van der Waals surface area (Å²) in [5.74, 6) is 0.105. The molecule has 136 valence electrons. The van der Waals surface area contributed by atoms with Gasteiger partial charge in [-0.1, -0.05) is 36.4 Å². The van der Waals surface area contributed by atoms with Crippen molar-refractivity contribution in [3.8, 4) is 0 Å². The first-order valence-electron chi connectivity index (χ1n) is 8.49. The molecule has 0 bridgehead atoms. The number of halogens is 1. The van der Waals surface area contributed by atoms with Crippen LogP contribution in [0.3, 0.4) is 0 Å². The van der Waals surface area contributed by atoms with Crippen molar-refractivity contribution in [3.63, 3.8) is 0 Å². The number of thiophene rings is 1. The molecule has 2 aromatic rings. The lowest BCUT2D eigenvalue weighted by atomic mass is 10.1. The topological polar surface area (TPSA) is 52.6 Å². The highest BCUT2D eigenvalue weighted by atomic mass is 35.5. The Labute approximate surface area is 159 Å². The SMILES string of the molecule is Cl.O=C(CC1CCCN1)N(Cc1ccccc1)CC(O)c1cccs1. The van der Waals surface area contributed by atoms with Gasteiger partial charge in [-0.25, -0.2) is 0 Å². The Kier molecular flexibility index (Phi) is 7.90. The molecular formula is C19H25ClN2O2S. The largest absolute Gasteiger partial charge is 0.386 e. The molecule has 6 heteroatoms. The van der Waals surface area contributed by atoms with E-state index in [0.717, 1.165) is 29.8 Å². The number of hydrogen-bond acceptors (Lipinski definition) is 4. The van der Waals surface area contributed by atoms with Gasteiger partial charge in [0.2, 0.25) is 5.91 Å². The molecule has 2 heterocycles. The van der Waals surface area contributed by atoms with Crippen molar-refractivity contribution < 1.29 is 9.90 Å². The van der Waals surface area contributed by atoms with Crippen LogP contribution in [-0.2, 0) is 11.3 Å². The maximum atomic E-state index is 12.8. The van der Waals surface area contributed by atoms with Crippen LogP contribution < -0.4 is 5.32 Å². The molecule has 0 saturated carbocycles. The second-order valence-electron chi connectivity index (χ2n) is 6.29. The Bertz CT molecular complexity index is 630. The number of hydrogen-bond donors (Lipinski definition) is 2. The summed E-state index contributed by atoms with van der Waals surface area (Å²) in [7, 11) is 0. The Morgan fingerprint density at radius 3 is 2.72 bits per heavy atom. The maximum absolute atomic E-state index is 12.8. The van der Waals surface area contributed by atoms with Crippen LogP contribution in [-0.4, -0.2) is 35.0 Å². The molecule has 1 aromatic heterocycles. The fourth-order valence-corrected chi connectivity index (χ4v) is 3.81. The van der Waals surface area contributed by atoms with Gasteiger partial charge >= 0.3 is 0 Å². The van der Waals surface area contributed by atoms with Gasteiger partial charge in [0.1, 0.15) is 6.10 Å². The normalized spacial score (nSPS) is 17.7. The Morgan fingerprint density at radius 2 is 2.08 bits per heavy atom. The van der Waals surface area contributed by atoms with Crippen LogP contribution in [0.5, 0.6) is 0 Å². The Morgan fingerprint density at radius 1 is 1.28 bits per heavy atom. The number of carbonyl (C=O) groups is 1. The van der Waals surface area contributed by atoms with Gasteiger partial charge < -0.3 is 15.3 Å². The van der Waals surface area contributed by atoms with Crippen LogP contribution in [0.25, 0.3) is 0 Å². The maximum Gasteiger partial charge on any atom is 0.224 e. The first kappa shape index (κ1) is 19.9. The van der Waals surface area contributed by atoms with Crippen LogP contribution in [0.15, 0.2) is 47.8 Å². The number of amides is 1. The summed E-state index contributed by atoms with van der Waals surface area (Å²) in [6, 6.07) is 14.1. The van der Waals surface area contributed by atoms with Crippen molar-refractivity contribution in [1.29, 1.82) is 0 Å². The van der Waals surface area contributed by atoms with Crippen molar-refractivity contribution in [2.75, 3.05) is 13.1 Å². The van der Waals surface area contributed by atoms with E-state index in [1.807, 2.05) is 47.8 Å². The van der Waals surface area contributed by atoms with Gasteiger partial charge in [-0.05, 0) is 36.4 Å². The molecule has 2 atom stereocenters. The van der Waals surface area contributed by atoms with Crippen LogP contribution in [0.1, 0.15) is 35.8 Å². The van der Waals surface area contributed by atoms with E-state index in [1.165, 1.54) is 11.3 Å². The molecule has 0 aliphatic carbocycles. The molecule has 2 unspecified atom stereocenters. The Balaban J connectivity index is 0.00000225. The van der Waals surface area contributed by atoms with E-state index >= 15 is 0 Å². The summed E-state index contributed by atoms with van der Waals surface area (Å²) >= 11 is 1.52. The van der Waals surface area contributed by atoms with Gasteiger partial charge in [0, 0.05) is 23.9 Å². The third-order valence-corrected chi connectivity index (χ3v) is 5.39. The summed E-state index contributed by atoms with van der Waals surface area (Å²) in [5, 5.41) is 15.8. The van der Waals surface area contributed by atoms with E-state index in [9.17, 15) is 9.90 Å². The van der Waals surface area contributed by atoms with E-state index in [1.54, 1.807) is 4.90 Å². The number of nitrogens with one attached hydrogen (secondary N) is 1. The van der Waals surface area contributed by atoms with E-state index < -0.39 is 6.10 Å². The van der Waals surface area contributed by atoms with Crippen molar-refractivity contribution in [1.82, 2.24) is 10.2 Å². The Hall–Kier alpha value is -1.40. The first-order valence-corrected chi connectivity index (χ1v) is 9.37. The van der Waals surface area contributed by atoms with Crippen LogP contribution in [0.2, 0.25) is 0 Å². The lowest BCUT2D eigenvalue weighted by Crippen LogP contribution is -2.38. The number of benzene rings is 1. The fourth-order valence-electron chi connectivity index (χ4n) is 3.11.